The Morgan fingerprint density at radius 3 is 2.42 bits per heavy atom. The highest BCUT2D eigenvalue weighted by Crippen LogP contribution is 2.41. The summed E-state index contributed by atoms with van der Waals surface area (Å²) < 4.78 is 31.7. The average Bonchev–Trinajstić information content (AvgIpc) is 3.55. The predicted octanol–water partition coefficient (Wildman–Crippen LogP) is 4.18. The van der Waals surface area contributed by atoms with Crippen LogP contribution in [0.4, 0.5) is 17.3 Å². The van der Waals surface area contributed by atoms with Crippen LogP contribution in [0.15, 0.2) is 31.7 Å². The van der Waals surface area contributed by atoms with Crippen LogP contribution in [0, 0.1) is 0 Å². The smallest absolute Gasteiger partial charge is 0.256 e. The number of aromatic nitrogens is 4. The highest BCUT2D eigenvalue weighted by Gasteiger charge is 2.29. The van der Waals surface area contributed by atoms with E-state index in [4.69, 9.17) is 4.63 Å². The zero-order valence-corrected chi connectivity index (χ0v) is 20.6. The maximum absolute atomic E-state index is 12.9. The molecule has 11 nitrogen and oxygen atoms in total. The predicted molar refractivity (Wildman–Crippen MR) is 128 cm³/mol. The number of aromatic hydroxyl groups is 1. The number of rotatable bonds is 10. The van der Waals surface area contributed by atoms with E-state index in [-0.39, 0.29) is 38.8 Å². The van der Waals surface area contributed by atoms with Gasteiger partial charge in [-0.2, -0.15) is 4.31 Å². The lowest BCUT2D eigenvalue weighted by Crippen LogP contribution is -2.30. The van der Waals surface area contributed by atoms with Gasteiger partial charge in [0.2, 0.25) is 11.3 Å². The van der Waals surface area contributed by atoms with Gasteiger partial charge in [-0.25, -0.2) is 23.0 Å². The van der Waals surface area contributed by atoms with E-state index in [9.17, 15) is 13.5 Å². The average molecular weight is 510 g/mol. The molecule has 0 unspecified atom stereocenters. The van der Waals surface area contributed by atoms with Crippen LogP contribution in [0.3, 0.4) is 0 Å². The zero-order chi connectivity index (χ0) is 23.6. The minimum absolute atomic E-state index is 0.0353. The van der Waals surface area contributed by atoms with Gasteiger partial charge in [0, 0.05) is 23.3 Å². The lowest BCUT2D eigenvalue weighted by molar-refractivity contribution is 0.314. The number of hydrogen-bond acceptors (Lipinski definition) is 12. The van der Waals surface area contributed by atoms with Gasteiger partial charge in [0.1, 0.15) is 0 Å². The summed E-state index contributed by atoms with van der Waals surface area (Å²) in [6.45, 7) is 6.14. The summed E-state index contributed by atoms with van der Waals surface area (Å²) >= 11 is 2.55. The molecule has 0 aliphatic rings. The Hall–Kier alpha value is -2.81. The molecule has 0 saturated carbocycles. The highest BCUT2D eigenvalue weighted by atomic mass is 32.2. The van der Waals surface area contributed by atoms with Crippen molar-refractivity contribution in [1.82, 2.24) is 24.6 Å². The Morgan fingerprint density at radius 2 is 1.82 bits per heavy atom. The SMILES string of the molecule is CC[C@@H](Nc1nc2nonc2nc1Nc1csc(S(=O)(=O)N(CC)CC)c1O)c1cccs1. The van der Waals surface area contributed by atoms with E-state index in [2.05, 4.69) is 30.9 Å². The number of nitrogens with zero attached hydrogens (tertiary/aromatic N) is 5. The summed E-state index contributed by atoms with van der Waals surface area (Å²) in [7, 11) is -3.82. The first-order chi connectivity index (χ1) is 15.9. The summed E-state index contributed by atoms with van der Waals surface area (Å²) in [6, 6.07) is 3.96. The van der Waals surface area contributed by atoms with Gasteiger partial charge in [-0.3, -0.25) is 0 Å². The molecule has 0 amide bonds. The number of anilines is 3. The second-order valence-corrected chi connectivity index (χ2v) is 10.9. The number of thiophene rings is 2. The van der Waals surface area contributed by atoms with Crippen molar-refractivity contribution in [2.24, 2.45) is 0 Å². The van der Waals surface area contributed by atoms with Gasteiger partial charge >= 0.3 is 0 Å². The highest BCUT2D eigenvalue weighted by molar-refractivity contribution is 7.91. The molecule has 0 bridgehead atoms. The maximum atomic E-state index is 12.9. The van der Waals surface area contributed by atoms with Crippen LogP contribution in [0.2, 0.25) is 0 Å². The van der Waals surface area contributed by atoms with Crippen molar-refractivity contribution in [2.45, 2.75) is 37.4 Å². The second kappa shape index (κ2) is 9.59. The lowest BCUT2D eigenvalue weighted by Gasteiger charge is -2.18. The molecule has 4 aromatic rings. The van der Waals surface area contributed by atoms with Crippen molar-refractivity contribution < 1.29 is 18.2 Å². The Kier molecular flexibility index (Phi) is 6.78. The molecule has 0 aliphatic carbocycles. The number of nitrogens with one attached hydrogen (secondary N) is 2. The summed E-state index contributed by atoms with van der Waals surface area (Å²) in [5, 5.41) is 28.1. The molecule has 0 fully saturated rings. The largest absolute Gasteiger partial charge is 0.504 e. The van der Waals surface area contributed by atoms with Crippen molar-refractivity contribution in [3.05, 3.63) is 27.8 Å². The molecule has 33 heavy (non-hydrogen) atoms. The van der Waals surface area contributed by atoms with Crippen LogP contribution >= 0.6 is 22.7 Å². The van der Waals surface area contributed by atoms with Crippen LogP contribution < -0.4 is 10.6 Å². The third kappa shape index (κ3) is 4.51. The molecule has 4 heterocycles. The minimum atomic E-state index is -3.82. The van der Waals surface area contributed by atoms with Crippen LogP contribution in [0.1, 0.15) is 38.1 Å². The minimum Gasteiger partial charge on any atom is -0.504 e. The summed E-state index contributed by atoms with van der Waals surface area (Å²) in [5.41, 5.74) is 0.601. The maximum Gasteiger partial charge on any atom is 0.256 e. The normalized spacial score (nSPS) is 13.0. The zero-order valence-electron chi connectivity index (χ0n) is 18.1. The van der Waals surface area contributed by atoms with Crippen molar-refractivity contribution in [3.63, 3.8) is 0 Å². The first-order valence-electron chi connectivity index (χ1n) is 10.3. The van der Waals surface area contributed by atoms with E-state index < -0.39 is 10.0 Å². The molecule has 1 atom stereocenters. The van der Waals surface area contributed by atoms with Gasteiger partial charge in [-0.05, 0) is 28.2 Å². The van der Waals surface area contributed by atoms with Gasteiger partial charge in [0.05, 0.1) is 11.7 Å². The monoisotopic (exact) mass is 509 g/mol. The van der Waals surface area contributed by atoms with Crippen molar-refractivity contribution in [3.8, 4) is 5.75 Å². The molecule has 14 heteroatoms. The van der Waals surface area contributed by atoms with Crippen LogP contribution in [0.25, 0.3) is 11.3 Å². The fourth-order valence-electron chi connectivity index (χ4n) is 3.27. The molecule has 176 valence electrons. The third-order valence-corrected chi connectivity index (χ3v) is 9.51. The molecular formula is C19H23N7O4S3. The molecule has 0 radical (unpaired) electrons. The van der Waals surface area contributed by atoms with Gasteiger partial charge in [0.25, 0.3) is 10.0 Å². The standard InChI is InChI=1S/C19H23N7O4S3/c1-4-11(13-8-7-9-31-13)20-15-16(23-18-17(22-15)24-30-25-18)21-12-10-32-19(14(12)27)33(28,29)26(5-2)6-3/h7-11,27H,4-6H2,1-3H3,(H,20,22,24)(H,21,23,25)/t11-/m1/s1. The Bertz CT molecular complexity index is 1330. The fourth-order valence-corrected chi connectivity index (χ4v) is 6.96. The van der Waals surface area contributed by atoms with Gasteiger partial charge in [-0.15, -0.1) is 22.7 Å². The van der Waals surface area contributed by atoms with Crippen molar-refractivity contribution in [1.29, 1.82) is 0 Å². The van der Waals surface area contributed by atoms with Gasteiger partial charge in [0.15, 0.2) is 21.6 Å². The van der Waals surface area contributed by atoms with Gasteiger partial charge in [-0.1, -0.05) is 26.8 Å². The molecule has 0 aliphatic heterocycles. The van der Waals surface area contributed by atoms with Gasteiger partial charge < -0.3 is 15.7 Å². The van der Waals surface area contributed by atoms with E-state index in [1.165, 1.54) is 9.69 Å². The molecule has 0 saturated heterocycles. The summed E-state index contributed by atoms with van der Waals surface area (Å²) in [4.78, 5) is 10.00. The molecule has 0 spiro atoms. The number of fused-ring (bicyclic) bond motifs is 1. The third-order valence-electron chi connectivity index (χ3n) is 4.99. The van der Waals surface area contributed by atoms with Crippen molar-refractivity contribution >= 4 is 61.3 Å². The molecule has 4 rings (SSSR count). The van der Waals surface area contributed by atoms with Crippen LogP contribution in [-0.2, 0) is 10.0 Å². The quantitative estimate of drug-likeness (QED) is 0.284. The fraction of sp³-hybridized carbons (Fsp3) is 0.368. The van der Waals surface area contributed by atoms with Crippen LogP contribution in [-0.4, -0.2) is 51.2 Å². The Morgan fingerprint density at radius 1 is 1.12 bits per heavy atom. The molecule has 0 aromatic carbocycles. The summed E-state index contributed by atoms with van der Waals surface area (Å²) in [5.74, 6) is 0.258. The van der Waals surface area contributed by atoms with E-state index >= 15 is 0 Å². The molecular weight excluding hydrogens is 486 g/mol. The lowest BCUT2D eigenvalue weighted by atomic mass is 10.2. The van der Waals surface area contributed by atoms with E-state index in [1.807, 2.05) is 24.4 Å². The molecule has 4 aromatic heterocycles. The van der Waals surface area contributed by atoms with E-state index in [0.717, 1.165) is 22.6 Å². The summed E-state index contributed by atoms with van der Waals surface area (Å²) in [6.07, 6.45) is 0.784. The van der Waals surface area contributed by atoms with Crippen molar-refractivity contribution in [2.75, 3.05) is 23.7 Å². The Balaban J connectivity index is 1.71. The number of hydrogen-bond donors (Lipinski definition) is 3. The van der Waals surface area contributed by atoms with Crippen LogP contribution in [0.5, 0.6) is 5.75 Å². The van der Waals surface area contributed by atoms with E-state index in [1.54, 1.807) is 25.2 Å². The number of sulfonamides is 1. The van der Waals surface area contributed by atoms with E-state index in [0.29, 0.717) is 18.9 Å². The molecule has 3 N–H and O–H groups in total. The first kappa shape index (κ1) is 23.4. The first-order valence-corrected chi connectivity index (χ1v) is 13.5. The Labute approximate surface area is 198 Å². The second-order valence-electron chi connectivity index (χ2n) is 6.95. The topological polar surface area (TPSA) is 146 Å².